The first-order valence-corrected chi connectivity index (χ1v) is 6.21. The first kappa shape index (κ1) is 11.8. The van der Waals surface area contributed by atoms with Gasteiger partial charge in [0.1, 0.15) is 0 Å². The first-order valence-electron chi connectivity index (χ1n) is 5.83. The molecule has 3 heterocycles. The molecular formula is C15H10ClN3. The zero-order chi connectivity index (χ0) is 13.1. The van der Waals surface area contributed by atoms with Gasteiger partial charge in [-0.1, -0.05) is 23.7 Å². The molecule has 0 aliphatic carbocycles. The van der Waals surface area contributed by atoms with E-state index in [1.807, 2.05) is 36.4 Å². The van der Waals surface area contributed by atoms with E-state index in [0.717, 1.165) is 22.6 Å². The largest absolute Gasteiger partial charge is 0.256 e. The van der Waals surface area contributed by atoms with Crippen LogP contribution in [0.25, 0.3) is 22.6 Å². The summed E-state index contributed by atoms with van der Waals surface area (Å²) in [6.07, 6.45) is 5.15. The van der Waals surface area contributed by atoms with Crippen molar-refractivity contribution in [2.75, 3.05) is 0 Å². The number of hydrogen-bond acceptors (Lipinski definition) is 3. The van der Waals surface area contributed by atoms with Crippen LogP contribution >= 0.6 is 11.6 Å². The molecule has 3 rings (SSSR count). The van der Waals surface area contributed by atoms with Crippen molar-refractivity contribution in [3.63, 3.8) is 0 Å². The Hall–Kier alpha value is -2.26. The van der Waals surface area contributed by atoms with Crippen LogP contribution in [-0.2, 0) is 0 Å². The van der Waals surface area contributed by atoms with E-state index in [4.69, 9.17) is 11.6 Å². The highest BCUT2D eigenvalue weighted by molar-refractivity contribution is 6.33. The van der Waals surface area contributed by atoms with Gasteiger partial charge in [-0.3, -0.25) is 15.0 Å². The third-order valence-corrected chi connectivity index (χ3v) is 3.04. The Bertz CT molecular complexity index is 684. The fraction of sp³-hybridized carbons (Fsp3) is 0. The second-order valence-corrected chi connectivity index (χ2v) is 4.35. The van der Waals surface area contributed by atoms with Crippen LogP contribution in [0.15, 0.2) is 61.1 Å². The number of rotatable bonds is 2. The number of halogens is 1. The van der Waals surface area contributed by atoms with Gasteiger partial charge >= 0.3 is 0 Å². The summed E-state index contributed by atoms with van der Waals surface area (Å²) < 4.78 is 0. The Kier molecular flexibility index (Phi) is 3.21. The molecule has 0 fully saturated rings. The van der Waals surface area contributed by atoms with Crippen LogP contribution in [0, 0.1) is 0 Å². The zero-order valence-corrected chi connectivity index (χ0v) is 10.7. The highest BCUT2D eigenvalue weighted by Gasteiger charge is 2.14. The molecule has 0 unspecified atom stereocenters. The fourth-order valence-electron chi connectivity index (χ4n) is 1.89. The molecule has 0 saturated heterocycles. The summed E-state index contributed by atoms with van der Waals surface area (Å²) in [4.78, 5) is 13.1. The second kappa shape index (κ2) is 5.16. The van der Waals surface area contributed by atoms with Crippen molar-refractivity contribution >= 4 is 11.6 Å². The van der Waals surface area contributed by atoms with Crippen LogP contribution in [0.2, 0.25) is 5.02 Å². The molecule has 0 saturated carbocycles. The summed E-state index contributed by atoms with van der Waals surface area (Å²) in [5, 5.41) is 0.620. The average Bonchev–Trinajstić information content (AvgIpc) is 2.49. The maximum Gasteiger partial charge on any atom is 0.0995 e. The summed E-state index contributed by atoms with van der Waals surface area (Å²) in [6, 6.07) is 13.2. The van der Waals surface area contributed by atoms with E-state index in [9.17, 15) is 0 Å². The quantitative estimate of drug-likeness (QED) is 0.708. The SMILES string of the molecule is Clc1ccnc(-c2ccccn2)c1-c1ccccn1. The fourth-order valence-corrected chi connectivity index (χ4v) is 2.13. The molecule has 0 amide bonds. The molecule has 19 heavy (non-hydrogen) atoms. The molecule has 0 aromatic carbocycles. The first-order chi connectivity index (χ1) is 9.36. The van der Waals surface area contributed by atoms with Crippen molar-refractivity contribution in [3.05, 3.63) is 66.1 Å². The van der Waals surface area contributed by atoms with Crippen LogP contribution in [0.4, 0.5) is 0 Å². The molecule has 0 aliphatic heterocycles. The van der Waals surface area contributed by atoms with Gasteiger partial charge in [-0.25, -0.2) is 0 Å². The van der Waals surface area contributed by atoms with E-state index < -0.39 is 0 Å². The minimum Gasteiger partial charge on any atom is -0.256 e. The zero-order valence-electron chi connectivity index (χ0n) is 9.99. The lowest BCUT2D eigenvalue weighted by molar-refractivity contribution is 1.23. The van der Waals surface area contributed by atoms with E-state index in [-0.39, 0.29) is 0 Å². The monoisotopic (exact) mass is 267 g/mol. The van der Waals surface area contributed by atoms with Gasteiger partial charge in [-0.2, -0.15) is 0 Å². The molecule has 3 aromatic heterocycles. The van der Waals surface area contributed by atoms with E-state index in [1.165, 1.54) is 0 Å². The summed E-state index contributed by atoms with van der Waals surface area (Å²) >= 11 is 6.31. The van der Waals surface area contributed by atoms with E-state index in [2.05, 4.69) is 15.0 Å². The normalized spacial score (nSPS) is 10.4. The molecule has 3 nitrogen and oxygen atoms in total. The van der Waals surface area contributed by atoms with Gasteiger partial charge in [0.15, 0.2) is 0 Å². The van der Waals surface area contributed by atoms with Gasteiger partial charge in [-0.05, 0) is 30.3 Å². The maximum absolute atomic E-state index is 6.31. The molecule has 0 radical (unpaired) electrons. The Morgan fingerprint density at radius 1 is 0.684 bits per heavy atom. The summed E-state index contributed by atoms with van der Waals surface area (Å²) in [6.45, 7) is 0. The second-order valence-electron chi connectivity index (χ2n) is 3.95. The molecule has 0 bridgehead atoms. The van der Waals surface area contributed by atoms with Crippen molar-refractivity contribution in [2.45, 2.75) is 0 Å². The van der Waals surface area contributed by atoms with Crippen LogP contribution < -0.4 is 0 Å². The van der Waals surface area contributed by atoms with E-state index in [1.54, 1.807) is 24.7 Å². The van der Waals surface area contributed by atoms with Crippen LogP contribution in [0.3, 0.4) is 0 Å². The molecule has 3 aromatic rings. The number of hydrogen-bond donors (Lipinski definition) is 0. The van der Waals surface area contributed by atoms with E-state index >= 15 is 0 Å². The van der Waals surface area contributed by atoms with Gasteiger partial charge in [0, 0.05) is 24.2 Å². The summed E-state index contributed by atoms with van der Waals surface area (Å²) in [7, 11) is 0. The van der Waals surface area contributed by atoms with Crippen molar-refractivity contribution in [1.29, 1.82) is 0 Å². The molecular weight excluding hydrogens is 258 g/mol. The third-order valence-electron chi connectivity index (χ3n) is 2.73. The molecule has 92 valence electrons. The topological polar surface area (TPSA) is 38.7 Å². The summed E-state index contributed by atoms with van der Waals surface area (Å²) in [5.74, 6) is 0. The van der Waals surface area contributed by atoms with Gasteiger partial charge < -0.3 is 0 Å². The number of aromatic nitrogens is 3. The maximum atomic E-state index is 6.31. The predicted octanol–water partition coefficient (Wildman–Crippen LogP) is 3.86. The van der Waals surface area contributed by atoms with Crippen LogP contribution in [0.5, 0.6) is 0 Å². The lowest BCUT2D eigenvalue weighted by Gasteiger charge is -2.09. The molecule has 0 atom stereocenters. The van der Waals surface area contributed by atoms with Crippen molar-refractivity contribution in [1.82, 2.24) is 15.0 Å². The Morgan fingerprint density at radius 3 is 2.00 bits per heavy atom. The minimum absolute atomic E-state index is 0.620. The van der Waals surface area contributed by atoms with E-state index in [0.29, 0.717) is 5.02 Å². The minimum atomic E-state index is 0.620. The highest BCUT2D eigenvalue weighted by Crippen LogP contribution is 2.33. The van der Waals surface area contributed by atoms with Gasteiger partial charge in [0.05, 0.1) is 22.1 Å². The molecule has 0 N–H and O–H groups in total. The summed E-state index contributed by atoms with van der Waals surface area (Å²) in [5.41, 5.74) is 3.13. The van der Waals surface area contributed by atoms with Crippen molar-refractivity contribution in [2.24, 2.45) is 0 Å². The Morgan fingerprint density at radius 2 is 1.37 bits per heavy atom. The smallest absolute Gasteiger partial charge is 0.0995 e. The lowest BCUT2D eigenvalue weighted by Crippen LogP contribution is -1.93. The molecule has 4 heteroatoms. The van der Waals surface area contributed by atoms with Gasteiger partial charge in [-0.15, -0.1) is 0 Å². The van der Waals surface area contributed by atoms with Crippen LogP contribution in [-0.4, -0.2) is 15.0 Å². The predicted molar refractivity (Wildman–Crippen MR) is 75.7 cm³/mol. The van der Waals surface area contributed by atoms with Crippen molar-refractivity contribution < 1.29 is 0 Å². The van der Waals surface area contributed by atoms with Crippen LogP contribution in [0.1, 0.15) is 0 Å². The third kappa shape index (κ3) is 2.33. The number of nitrogens with zero attached hydrogens (tertiary/aromatic N) is 3. The average molecular weight is 268 g/mol. The number of pyridine rings is 3. The van der Waals surface area contributed by atoms with Gasteiger partial charge in [0.2, 0.25) is 0 Å². The highest BCUT2D eigenvalue weighted by atomic mass is 35.5. The van der Waals surface area contributed by atoms with Crippen molar-refractivity contribution in [3.8, 4) is 22.6 Å². The van der Waals surface area contributed by atoms with Gasteiger partial charge in [0.25, 0.3) is 0 Å². The standard InChI is InChI=1S/C15H10ClN3/c16-11-7-10-19-15(13-6-2-4-9-18-13)14(11)12-5-1-3-8-17-12/h1-10H. The lowest BCUT2D eigenvalue weighted by atomic mass is 10.1. The Labute approximate surface area is 116 Å². The Balaban J connectivity index is 2.25. The molecule has 0 spiro atoms. The molecule has 0 aliphatic rings.